The van der Waals surface area contributed by atoms with Crippen molar-refractivity contribution in [2.75, 3.05) is 13.1 Å². The van der Waals surface area contributed by atoms with Crippen LogP contribution in [0.4, 0.5) is 0 Å². The Kier molecular flexibility index (Phi) is 1.86. The average molecular weight is 164 g/mol. The van der Waals surface area contributed by atoms with E-state index in [-0.39, 0.29) is 5.91 Å². The second-order valence-corrected chi connectivity index (χ2v) is 2.99. The monoisotopic (exact) mass is 164 g/mol. The number of hydrogen-bond donors (Lipinski definition) is 1. The number of fused-ring (bicyclic) bond motifs is 1. The van der Waals surface area contributed by atoms with E-state index >= 15 is 0 Å². The Bertz CT molecular complexity index is 255. The minimum atomic E-state index is 0.240. The van der Waals surface area contributed by atoms with Gasteiger partial charge < -0.3 is 5.32 Å². The molecule has 0 bridgehead atoms. The molecule has 3 heteroatoms. The molecule has 3 nitrogen and oxygen atoms in total. The highest BCUT2D eigenvalue weighted by atomic mass is 16.2. The minimum Gasteiger partial charge on any atom is -0.371 e. The van der Waals surface area contributed by atoms with Gasteiger partial charge in [0.25, 0.3) is 0 Å². The maximum atomic E-state index is 11.4. The van der Waals surface area contributed by atoms with Gasteiger partial charge in [0.2, 0.25) is 5.91 Å². The van der Waals surface area contributed by atoms with Crippen molar-refractivity contribution in [2.24, 2.45) is 0 Å². The van der Waals surface area contributed by atoms with Crippen molar-refractivity contribution in [1.29, 1.82) is 0 Å². The molecule has 1 amide bonds. The van der Waals surface area contributed by atoms with Gasteiger partial charge >= 0.3 is 0 Å². The van der Waals surface area contributed by atoms with Crippen molar-refractivity contribution in [3.8, 4) is 0 Å². The molecule has 1 saturated heterocycles. The van der Waals surface area contributed by atoms with Gasteiger partial charge in [-0.2, -0.15) is 0 Å². The van der Waals surface area contributed by atoms with Gasteiger partial charge in [-0.1, -0.05) is 12.2 Å². The summed E-state index contributed by atoms with van der Waals surface area (Å²) in [5.74, 6) is 1.20. The normalized spacial score (nSPS) is 22.5. The summed E-state index contributed by atoms with van der Waals surface area (Å²) >= 11 is 0. The Morgan fingerprint density at radius 3 is 3.33 bits per heavy atom. The maximum absolute atomic E-state index is 11.4. The molecule has 12 heavy (non-hydrogen) atoms. The highest BCUT2D eigenvalue weighted by Gasteiger charge is 2.21. The predicted octanol–water partition coefficient (Wildman–Crippen LogP) is 0.610. The zero-order chi connectivity index (χ0) is 8.39. The number of hydrogen-bond acceptors (Lipinski definition) is 2. The van der Waals surface area contributed by atoms with Crippen molar-refractivity contribution in [3.05, 3.63) is 24.0 Å². The summed E-state index contributed by atoms with van der Waals surface area (Å²) < 4.78 is 0. The first kappa shape index (κ1) is 7.40. The van der Waals surface area contributed by atoms with Crippen LogP contribution in [0.25, 0.3) is 0 Å². The van der Waals surface area contributed by atoms with Crippen molar-refractivity contribution in [3.63, 3.8) is 0 Å². The molecule has 2 heterocycles. The van der Waals surface area contributed by atoms with Crippen LogP contribution in [0.2, 0.25) is 0 Å². The van der Waals surface area contributed by atoms with E-state index in [1.54, 1.807) is 0 Å². The lowest BCUT2D eigenvalue weighted by atomic mass is 10.3. The number of carbonyl (C=O) groups excluding carboxylic acids is 1. The van der Waals surface area contributed by atoms with E-state index in [4.69, 9.17) is 0 Å². The minimum absolute atomic E-state index is 0.240. The van der Waals surface area contributed by atoms with Gasteiger partial charge in [0.15, 0.2) is 0 Å². The summed E-state index contributed by atoms with van der Waals surface area (Å²) in [6.07, 6.45) is 7.62. The van der Waals surface area contributed by atoms with E-state index in [1.165, 1.54) is 0 Å². The highest BCUT2D eigenvalue weighted by molar-refractivity contribution is 5.79. The average Bonchev–Trinajstić information content (AvgIpc) is 2.30. The van der Waals surface area contributed by atoms with Crippen LogP contribution in [0.3, 0.4) is 0 Å². The van der Waals surface area contributed by atoms with Crippen molar-refractivity contribution < 1.29 is 4.79 Å². The standard InChI is InChI=1S/C9H12N2O/c12-9-5-6-10-8-4-2-1-3-7-11(8)9/h1-2,4,10H,3,5-7H2. The zero-order valence-electron chi connectivity index (χ0n) is 6.92. The van der Waals surface area contributed by atoms with Crippen LogP contribution in [0, 0.1) is 0 Å². The largest absolute Gasteiger partial charge is 0.371 e. The molecule has 0 aromatic heterocycles. The molecule has 64 valence electrons. The van der Waals surface area contributed by atoms with Crippen LogP contribution < -0.4 is 5.32 Å². The molecule has 0 aliphatic carbocycles. The molecule has 0 saturated carbocycles. The van der Waals surface area contributed by atoms with Crippen LogP contribution in [-0.2, 0) is 4.79 Å². The van der Waals surface area contributed by atoms with Crippen LogP contribution in [0.5, 0.6) is 0 Å². The van der Waals surface area contributed by atoms with Gasteiger partial charge in [0.05, 0.1) is 0 Å². The van der Waals surface area contributed by atoms with Crippen molar-refractivity contribution in [1.82, 2.24) is 10.2 Å². The molecule has 1 fully saturated rings. The molecule has 0 aromatic carbocycles. The van der Waals surface area contributed by atoms with Gasteiger partial charge in [0.1, 0.15) is 5.82 Å². The number of allylic oxidation sites excluding steroid dienone is 2. The molecule has 0 atom stereocenters. The summed E-state index contributed by atoms with van der Waals surface area (Å²) in [4.78, 5) is 13.2. The second-order valence-electron chi connectivity index (χ2n) is 2.99. The van der Waals surface area contributed by atoms with Crippen LogP contribution in [0.1, 0.15) is 12.8 Å². The van der Waals surface area contributed by atoms with Gasteiger partial charge in [-0.25, -0.2) is 0 Å². The van der Waals surface area contributed by atoms with E-state index < -0.39 is 0 Å². The maximum Gasteiger partial charge on any atom is 0.229 e. The third-order valence-corrected chi connectivity index (χ3v) is 2.15. The van der Waals surface area contributed by atoms with Crippen LogP contribution in [0.15, 0.2) is 24.0 Å². The number of amides is 1. The van der Waals surface area contributed by atoms with Crippen LogP contribution >= 0.6 is 0 Å². The van der Waals surface area contributed by atoms with Gasteiger partial charge in [-0.15, -0.1) is 0 Å². The van der Waals surface area contributed by atoms with Crippen LogP contribution in [-0.4, -0.2) is 23.9 Å². The molecule has 0 aromatic rings. The number of rotatable bonds is 0. The van der Waals surface area contributed by atoms with E-state index in [0.29, 0.717) is 6.42 Å². The quantitative estimate of drug-likeness (QED) is 0.569. The Labute approximate surface area is 71.7 Å². The summed E-state index contributed by atoms with van der Waals surface area (Å²) in [7, 11) is 0. The summed E-state index contributed by atoms with van der Waals surface area (Å²) in [6, 6.07) is 0. The number of nitrogens with one attached hydrogen (secondary N) is 1. The summed E-state index contributed by atoms with van der Waals surface area (Å²) in [5.41, 5.74) is 0. The topological polar surface area (TPSA) is 32.3 Å². The number of carbonyl (C=O) groups is 1. The van der Waals surface area contributed by atoms with Gasteiger partial charge in [-0.3, -0.25) is 9.69 Å². The number of nitrogens with zero attached hydrogens (tertiary/aromatic N) is 1. The van der Waals surface area contributed by atoms with E-state index in [1.807, 2.05) is 17.1 Å². The summed E-state index contributed by atoms with van der Waals surface area (Å²) in [6.45, 7) is 1.59. The Hall–Kier alpha value is -1.25. The molecular formula is C9H12N2O. The van der Waals surface area contributed by atoms with E-state index in [9.17, 15) is 4.79 Å². The smallest absolute Gasteiger partial charge is 0.229 e. The molecule has 0 spiro atoms. The van der Waals surface area contributed by atoms with Gasteiger partial charge in [-0.05, 0) is 12.5 Å². The fourth-order valence-electron chi connectivity index (χ4n) is 1.52. The molecule has 0 unspecified atom stereocenters. The molecule has 2 rings (SSSR count). The fourth-order valence-corrected chi connectivity index (χ4v) is 1.52. The van der Waals surface area contributed by atoms with E-state index in [0.717, 1.165) is 25.3 Å². The molecule has 2 aliphatic rings. The lowest BCUT2D eigenvalue weighted by Gasteiger charge is -2.29. The van der Waals surface area contributed by atoms with Gasteiger partial charge in [0, 0.05) is 19.5 Å². The Morgan fingerprint density at radius 1 is 1.50 bits per heavy atom. The fraction of sp³-hybridized carbons (Fsp3) is 0.444. The molecule has 0 radical (unpaired) electrons. The second kappa shape index (κ2) is 3.01. The third kappa shape index (κ3) is 1.22. The summed E-state index contributed by atoms with van der Waals surface area (Å²) in [5, 5.41) is 3.21. The SMILES string of the molecule is O=C1CCNC2=CC=CCCN12. The molecular weight excluding hydrogens is 152 g/mol. The predicted molar refractivity (Wildman–Crippen MR) is 46.2 cm³/mol. The molecule has 2 aliphatic heterocycles. The first-order valence-corrected chi connectivity index (χ1v) is 4.29. The Balaban J connectivity index is 2.22. The highest BCUT2D eigenvalue weighted by Crippen LogP contribution is 2.12. The zero-order valence-corrected chi connectivity index (χ0v) is 6.92. The van der Waals surface area contributed by atoms with Crippen molar-refractivity contribution >= 4 is 5.91 Å². The first-order valence-electron chi connectivity index (χ1n) is 4.29. The first-order chi connectivity index (χ1) is 5.88. The third-order valence-electron chi connectivity index (χ3n) is 2.15. The lowest BCUT2D eigenvalue weighted by molar-refractivity contribution is -0.130. The lowest BCUT2D eigenvalue weighted by Crippen LogP contribution is -2.43. The Morgan fingerprint density at radius 2 is 2.42 bits per heavy atom. The van der Waals surface area contributed by atoms with Crippen molar-refractivity contribution in [2.45, 2.75) is 12.8 Å². The molecule has 1 N–H and O–H groups in total. The van der Waals surface area contributed by atoms with E-state index in [2.05, 4.69) is 11.4 Å².